The van der Waals surface area contributed by atoms with Crippen LogP contribution in [0.5, 0.6) is 0 Å². The van der Waals surface area contributed by atoms with Crippen LogP contribution in [-0.4, -0.2) is 12.2 Å². The molecule has 2 rings (SSSR count). The maximum Gasteiger partial charge on any atom is 0.126 e. The highest BCUT2D eigenvalue weighted by molar-refractivity contribution is 5.67. The molecule has 0 spiro atoms. The van der Waals surface area contributed by atoms with Crippen molar-refractivity contribution in [2.75, 3.05) is 11.9 Å². The summed E-state index contributed by atoms with van der Waals surface area (Å²) in [6.07, 6.45) is -0.768. The van der Waals surface area contributed by atoms with Crippen LogP contribution in [0.4, 0.5) is 15.8 Å². The highest BCUT2D eigenvalue weighted by Gasteiger charge is 2.16. The summed E-state index contributed by atoms with van der Waals surface area (Å²) in [4.78, 5) is 1.87. The molecule has 2 aromatic rings. The van der Waals surface area contributed by atoms with Gasteiger partial charge in [-0.15, -0.1) is 0 Å². The fraction of sp³-hybridized carbons (Fsp3) is 0.235. The van der Waals surface area contributed by atoms with Gasteiger partial charge < -0.3 is 10.0 Å². The molecule has 0 radical (unpaired) electrons. The van der Waals surface area contributed by atoms with E-state index < -0.39 is 6.10 Å². The zero-order valence-corrected chi connectivity index (χ0v) is 12.3. The summed E-state index contributed by atoms with van der Waals surface area (Å²) >= 11 is 0. The fourth-order valence-corrected chi connectivity index (χ4v) is 2.21. The van der Waals surface area contributed by atoms with E-state index in [1.807, 2.05) is 24.1 Å². The van der Waals surface area contributed by atoms with Gasteiger partial charge in [0.25, 0.3) is 0 Å². The predicted molar refractivity (Wildman–Crippen MR) is 81.0 cm³/mol. The lowest BCUT2D eigenvalue weighted by atomic mass is 10.0. The molecule has 108 valence electrons. The molecule has 0 amide bonds. The Morgan fingerprint density at radius 2 is 1.86 bits per heavy atom. The molecule has 0 saturated carbocycles. The summed E-state index contributed by atoms with van der Waals surface area (Å²) < 4.78 is 13.7. The molecule has 1 atom stereocenters. The summed E-state index contributed by atoms with van der Waals surface area (Å²) in [6.45, 7) is 3.30. The number of aliphatic hydroxyl groups is 1. The van der Waals surface area contributed by atoms with Crippen LogP contribution in [-0.2, 0) is 0 Å². The number of hydrogen-bond donors (Lipinski definition) is 1. The summed E-state index contributed by atoms with van der Waals surface area (Å²) in [5, 5.41) is 18.7. The van der Waals surface area contributed by atoms with Crippen LogP contribution in [0.3, 0.4) is 0 Å². The third-order valence-corrected chi connectivity index (χ3v) is 3.50. The average molecular weight is 284 g/mol. The van der Waals surface area contributed by atoms with Gasteiger partial charge in [-0.2, -0.15) is 5.26 Å². The van der Waals surface area contributed by atoms with Crippen molar-refractivity contribution in [3.8, 4) is 6.07 Å². The molecule has 4 heteroatoms. The summed E-state index contributed by atoms with van der Waals surface area (Å²) in [5.74, 6) is -0.331. The van der Waals surface area contributed by atoms with Crippen LogP contribution >= 0.6 is 0 Å². The van der Waals surface area contributed by atoms with Gasteiger partial charge in [0.2, 0.25) is 0 Å². The van der Waals surface area contributed by atoms with Crippen LogP contribution in [0.15, 0.2) is 36.4 Å². The van der Waals surface area contributed by atoms with Crippen molar-refractivity contribution < 1.29 is 9.50 Å². The molecule has 0 aliphatic rings. The summed E-state index contributed by atoms with van der Waals surface area (Å²) in [7, 11) is 1.85. The second-order valence-corrected chi connectivity index (χ2v) is 5.05. The Kier molecular flexibility index (Phi) is 4.25. The minimum atomic E-state index is -0.768. The Morgan fingerprint density at radius 3 is 2.38 bits per heavy atom. The van der Waals surface area contributed by atoms with Gasteiger partial charge in [-0.3, -0.25) is 0 Å². The van der Waals surface area contributed by atoms with Crippen molar-refractivity contribution >= 4 is 11.4 Å². The molecule has 3 nitrogen and oxygen atoms in total. The molecule has 0 fully saturated rings. The van der Waals surface area contributed by atoms with Gasteiger partial charge in [-0.1, -0.05) is 0 Å². The van der Waals surface area contributed by atoms with Crippen molar-refractivity contribution in [2.45, 2.75) is 20.0 Å². The minimum Gasteiger partial charge on any atom is -0.389 e. The maximum absolute atomic E-state index is 13.7. The first kappa shape index (κ1) is 15.0. The van der Waals surface area contributed by atoms with E-state index in [0.29, 0.717) is 16.7 Å². The molecule has 0 aliphatic heterocycles. The van der Waals surface area contributed by atoms with E-state index in [-0.39, 0.29) is 5.82 Å². The number of anilines is 2. The number of halogens is 1. The second-order valence-electron chi connectivity index (χ2n) is 5.05. The van der Waals surface area contributed by atoms with Crippen LogP contribution < -0.4 is 4.90 Å². The van der Waals surface area contributed by atoms with E-state index in [9.17, 15) is 9.50 Å². The molecular formula is C17H17FN2O. The van der Waals surface area contributed by atoms with Gasteiger partial charge in [-0.05, 0) is 55.8 Å². The Hall–Kier alpha value is -2.38. The first-order valence-electron chi connectivity index (χ1n) is 6.66. The third-order valence-electron chi connectivity index (χ3n) is 3.50. The van der Waals surface area contributed by atoms with Crippen molar-refractivity contribution in [1.82, 2.24) is 0 Å². The summed E-state index contributed by atoms with van der Waals surface area (Å²) in [6, 6.07) is 12.3. The lowest BCUT2D eigenvalue weighted by Crippen LogP contribution is -2.13. The molecule has 0 aliphatic carbocycles. The van der Waals surface area contributed by atoms with Crippen LogP contribution in [0.2, 0.25) is 0 Å². The standard InChI is InChI=1S/C17H17FN2O/c1-11-8-17(15(12(2)21)9-16(11)18)20(3)14-6-4-13(10-19)5-7-14/h4-9,12,21H,1-3H3/t12-/m1/s1. The van der Waals surface area contributed by atoms with E-state index >= 15 is 0 Å². The van der Waals surface area contributed by atoms with Gasteiger partial charge in [0, 0.05) is 24.0 Å². The third kappa shape index (κ3) is 3.04. The molecule has 1 N–H and O–H groups in total. The zero-order chi connectivity index (χ0) is 15.6. The van der Waals surface area contributed by atoms with Gasteiger partial charge in [0.05, 0.1) is 17.7 Å². The number of rotatable bonds is 3. The number of benzene rings is 2. The molecule has 0 heterocycles. The summed E-state index contributed by atoms with van der Waals surface area (Å²) in [5.41, 5.74) is 3.24. The first-order valence-corrected chi connectivity index (χ1v) is 6.66. The van der Waals surface area contributed by atoms with Crippen LogP contribution in [0.1, 0.15) is 29.7 Å². The fourth-order valence-electron chi connectivity index (χ4n) is 2.21. The monoisotopic (exact) mass is 284 g/mol. The Bertz CT molecular complexity index is 687. The lowest BCUT2D eigenvalue weighted by Gasteiger charge is -2.24. The quantitative estimate of drug-likeness (QED) is 0.931. The van der Waals surface area contributed by atoms with Crippen LogP contribution in [0, 0.1) is 24.1 Å². The maximum atomic E-state index is 13.7. The Balaban J connectivity index is 2.49. The van der Waals surface area contributed by atoms with Crippen molar-refractivity contribution in [3.05, 3.63) is 58.9 Å². The number of nitrogens with zero attached hydrogens (tertiary/aromatic N) is 2. The minimum absolute atomic E-state index is 0.331. The van der Waals surface area contributed by atoms with Gasteiger partial charge in [-0.25, -0.2) is 4.39 Å². The largest absolute Gasteiger partial charge is 0.389 e. The van der Waals surface area contributed by atoms with E-state index in [4.69, 9.17) is 5.26 Å². The zero-order valence-electron chi connectivity index (χ0n) is 12.3. The van der Waals surface area contributed by atoms with Gasteiger partial charge >= 0.3 is 0 Å². The van der Waals surface area contributed by atoms with Crippen LogP contribution in [0.25, 0.3) is 0 Å². The van der Waals surface area contributed by atoms with E-state index in [1.54, 1.807) is 32.0 Å². The Morgan fingerprint density at radius 1 is 1.24 bits per heavy atom. The van der Waals surface area contributed by atoms with Crippen molar-refractivity contribution in [1.29, 1.82) is 5.26 Å². The van der Waals surface area contributed by atoms with Crippen molar-refractivity contribution in [3.63, 3.8) is 0 Å². The van der Waals surface area contributed by atoms with E-state index in [0.717, 1.165) is 11.4 Å². The number of hydrogen-bond acceptors (Lipinski definition) is 3. The normalized spacial score (nSPS) is 11.8. The lowest BCUT2D eigenvalue weighted by molar-refractivity contribution is 0.199. The van der Waals surface area contributed by atoms with Gasteiger partial charge in [0.1, 0.15) is 5.82 Å². The molecular weight excluding hydrogens is 267 g/mol. The number of nitriles is 1. The first-order chi connectivity index (χ1) is 9.93. The van der Waals surface area contributed by atoms with E-state index in [1.165, 1.54) is 6.07 Å². The Labute approximate surface area is 123 Å². The SMILES string of the molecule is Cc1cc(N(C)c2ccc(C#N)cc2)c([C@@H](C)O)cc1F. The smallest absolute Gasteiger partial charge is 0.126 e. The second kappa shape index (κ2) is 5.94. The molecule has 0 bridgehead atoms. The van der Waals surface area contributed by atoms with Gasteiger partial charge in [0.15, 0.2) is 0 Å². The highest BCUT2D eigenvalue weighted by Crippen LogP contribution is 2.33. The molecule has 0 unspecified atom stereocenters. The van der Waals surface area contributed by atoms with E-state index in [2.05, 4.69) is 6.07 Å². The predicted octanol–water partition coefficient (Wildman–Crippen LogP) is 3.83. The van der Waals surface area contributed by atoms with Crippen molar-refractivity contribution in [2.24, 2.45) is 0 Å². The highest BCUT2D eigenvalue weighted by atomic mass is 19.1. The number of aryl methyl sites for hydroxylation is 1. The number of aliphatic hydroxyl groups excluding tert-OH is 1. The average Bonchev–Trinajstić information content (AvgIpc) is 2.48. The molecule has 21 heavy (non-hydrogen) atoms. The molecule has 2 aromatic carbocycles. The molecule has 0 saturated heterocycles. The molecule has 0 aromatic heterocycles. The topological polar surface area (TPSA) is 47.3 Å².